The number of hydrogen-bond acceptors (Lipinski definition) is 5. The van der Waals surface area contributed by atoms with Crippen LogP contribution in [0.25, 0.3) is 0 Å². The molecule has 6 nitrogen and oxygen atoms in total. The third-order valence-electron chi connectivity index (χ3n) is 3.38. The summed E-state index contributed by atoms with van der Waals surface area (Å²) in [5, 5.41) is 3.22. The minimum atomic E-state index is -0.450. The normalized spacial score (nSPS) is 25.2. The number of rotatable bonds is 1. The van der Waals surface area contributed by atoms with E-state index in [2.05, 4.69) is 5.32 Å². The van der Waals surface area contributed by atoms with Crippen molar-refractivity contribution in [2.75, 3.05) is 39.4 Å². The number of nitrogens with zero attached hydrogens (tertiary/aromatic N) is 1. The minimum Gasteiger partial charge on any atom is -0.444 e. The maximum Gasteiger partial charge on any atom is 0.462 e. The Kier molecular flexibility index (Phi) is 5.29. The summed E-state index contributed by atoms with van der Waals surface area (Å²) in [5.74, 6) is 0.237. The van der Waals surface area contributed by atoms with Crippen molar-refractivity contribution in [2.24, 2.45) is 0 Å². The zero-order valence-electron chi connectivity index (χ0n) is 12.7. The standard InChI is InChI=1S/C13H25BN2O4/c1-13(2,3)20-12(17)16-7-4-11(10-16)14-18-8-5-15-6-9-19-14/h11,15H,4-10H2,1-3H3/t11-/m1/s1. The molecule has 0 unspecified atom stereocenters. The third-order valence-corrected chi connectivity index (χ3v) is 3.38. The topological polar surface area (TPSA) is 60.0 Å². The zero-order chi connectivity index (χ0) is 14.6. The van der Waals surface area contributed by atoms with Gasteiger partial charge in [0.25, 0.3) is 0 Å². The molecule has 2 saturated heterocycles. The molecule has 0 spiro atoms. The number of likely N-dealkylation sites (tertiary alicyclic amines) is 1. The zero-order valence-corrected chi connectivity index (χ0v) is 12.7. The number of carbonyl (C=O) groups is 1. The molecule has 2 aliphatic heterocycles. The molecule has 7 heteroatoms. The molecule has 0 aromatic rings. The van der Waals surface area contributed by atoms with E-state index in [4.69, 9.17) is 14.0 Å². The van der Waals surface area contributed by atoms with Gasteiger partial charge in [0, 0.05) is 45.2 Å². The second-order valence-electron chi connectivity index (χ2n) is 6.34. The van der Waals surface area contributed by atoms with Gasteiger partial charge in [-0.05, 0) is 27.2 Å². The van der Waals surface area contributed by atoms with Crippen molar-refractivity contribution in [1.82, 2.24) is 10.2 Å². The molecule has 0 aromatic heterocycles. The van der Waals surface area contributed by atoms with Gasteiger partial charge in [0.15, 0.2) is 0 Å². The molecule has 0 saturated carbocycles. The van der Waals surface area contributed by atoms with Gasteiger partial charge in [0.1, 0.15) is 5.60 Å². The van der Waals surface area contributed by atoms with Crippen molar-refractivity contribution in [3.8, 4) is 0 Å². The first-order chi connectivity index (χ1) is 9.46. The van der Waals surface area contributed by atoms with Crippen molar-refractivity contribution in [1.29, 1.82) is 0 Å². The number of amides is 1. The third kappa shape index (κ3) is 4.65. The fourth-order valence-electron chi connectivity index (χ4n) is 2.44. The van der Waals surface area contributed by atoms with E-state index in [0.29, 0.717) is 26.3 Å². The van der Waals surface area contributed by atoms with Gasteiger partial charge >= 0.3 is 13.2 Å². The van der Waals surface area contributed by atoms with Crippen LogP contribution in [0.3, 0.4) is 0 Å². The number of nitrogens with one attached hydrogen (secondary N) is 1. The molecule has 114 valence electrons. The van der Waals surface area contributed by atoms with E-state index >= 15 is 0 Å². The van der Waals surface area contributed by atoms with Crippen LogP contribution in [0, 0.1) is 0 Å². The summed E-state index contributed by atoms with van der Waals surface area (Å²) in [4.78, 5) is 13.8. The molecular weight excluding hydrogens is 259 g/mol. The largest absolute Gasteiger partial charge is 0.462 e. The van der Waals surface area contributed by atoms with Gasteiger partial charge in [-0.3, -0.25) is 0 Å². The number of hydrogen-bond donors (Lipinski definition) is 1. The van der Waals surface area contributed by atoms with E-state index in [0.717, 1.165) is 19.5 Å². The van der Waals surface area contributed by atoms with Gasteiger partial charge in [-0.2, -0.15) is 0 Å². The quantitative estimate of drug-likeness (QED) is 0.731. The van der Waals surface area contributed by atoms with Crippen molar-refractivity contribution in [3.63, 3.8) is 0 Å². The molecule has 20 heavy (non-hydrogen) atoms. The van der Waals surface area contributed by atoms with Gasteiger partial charge in [-0.1, -0.05) is 0 Å². The Bertz CT molecular complexity index is 327. The van der Waals surface area contributed by atoms with Crippen LogP contribution in [-0.4, -0.2) is 63.1 Å². The van der Waals surface area contributed by atoms with Gasteiger partial charge in [0.2, 0.25) is 0 Å². The average molecular weight is 284 g/mol. The summed E-state index contributed by atoms with van der Waals surface area (Å²) >= 11 is 0. The monoisotopic (exact) mass is 284 g/mol. The molecule has 2 aliphatic rings. The maximum absolute atomic E-state index is 12.0. The highest BCUT2D eigenvalue weighted by Gasteiger charge is 2.39. The Labute approximate surface area is 121 Å². The summed E-state index contributed by atoms with van der Waals surface area (Å²) in [7, 11) is -0.204. The summed E-state index contributed by atoms with van der Waals surface area (Å²) in [6.07, 6.45) is 0.657. The first-order valence-electron chi connectivity index (χ1n) is 7.37. The Morgan fingerprint density at radius 1 is 1.30 bits per heavy atom. The highest BCUT2D eigenvalue weighted by atomic mass is 16.6. The SMILES string of the molecule is CC(C)(C)OC(=O)N1CC[C@@H](B2OCCNCCO2)C1. The van der Waals surface area contributed by atoms with Crippen molar-refractivity contribution in [3.05, 3.63) is 0 Å². The molecule has 0 radical (unpaired) electrons. The second-order valence-corrected chi connectivity index (χ2v) is 6.34. The predicted molar refractivity (Wildman–Crippen MR) is 76.7 cm³/mol. The van der Waals surface area contributed by atoms with E-state index in [1.54, 1.807) is 4.90 Å². The molecule has 1 amide bonds. The molecular formula is C13H25BN2O4. The lowest BCUT2D eigenvalue weighted by atomic mass is 9.71. The van der Waals surface area contributed by atoms with Gasteiger partial charge in [0.05, 0.1) is 0 Å². The molecule has 2 fully saturated rings. The molecule has 2 rings (SSSR count). The Morgan fingerprint density at radius 3 is 2.55 bits per heavy atom. The van der Waals surface area contributed by atoms with E-state index in [9.17, 15) is 4.79 Å². The first-order valence-corrected chi connectivity index (χ1v) is 7.37. The Morgan fingerprint density at radius 2 is 1.95 bits per heavy atom. The lowest BCUT2D eigenvalue weighted by Crippen LogP contribution is -2.40. The van der Waals surface area contributed by atoms with Crippen LogP contribution in [0.15, 0.2) is 0 Å². The van der Waals surface area contributed by atoms with Gasteiger partial charge < -0.3 is 24.3 Å². The highest BCUT2D eigenvalue weighted by molar-refractivity contribution is 6.46. The summed E-state index contributed by atoms with van der Waals surface area (Å²) in [6, 6.07) is 0. The summed E-state index contributed by atoms with van der Waals surface area (Å²) < 4.78 is 16.9. The smallest absolute Gasteiger partial charge is 0.444 e. The highest BCUT2D eigenvalue weighted by Crippen LogP contribution is 2.27. The minimum absolute atomic E-state index is 0.204. The van der Waals surface area contributed by atoms with Crippen LogP contribution >= 0.6 is 0 Å². The van der Waals surface area contributed by atoms with E-state index in [1.165, 1.54) is 0 Å². The molecule has 2 heterocycles. The molecule has 0 aliphatic carbocycles. The Hall–Kier alpha value is -0.785. The molecule has 0 aromatic carbocycles. The van der Waals surface area contributed by atoms with Crippen LogP contribution < -0.4 is 5.32 Å². The maximum atomic E-state index is 12.0. The van der Waals surface area contributed by atoms with Crippen LogP contribution in [0.2, 0.25) is 5.82 Å². The average Bonchev–Trinajstić information content (AvgIpc) is 2.75. The number of carbonyl (C=O) groups excluding carboxylic acids is 1. The van der Waals surface area contributed by atoms with Gasteiger partial charge in [-0.25, -0.2) is 4.79 Å². The predicted octanol–water partition coefficient (Wildman–Crippen LogP) is 1.12. The lowest BCUT2D eigenvalue weighted by molar-refractivity contribution is 0.0293. The fourth-order valence-corrected chi connectivity index (χ4v) is 2.44. The molecule has 1 atom stereocenters. The van der Waals surface area contributed by atoms with Crippen LogP contribution in [0.4, 0.5) is 4.79 Å². The molecule has 1 N–H and O–H groups in total. The van der Waals surface area contributed by atoms with Crippen LogP contribution in [0.1, 0.15) is 27.2 Å². The van der Waals surface area contributed by atoms with Crippen LogP contribution in [-0.2, 0) is 14.0 Å². The van der Waals surface area contributed by atoms with Gasteiger partial charge in [-0.15, -0.1) is 0 Å². The van der Waals surface area contributed by atoms with E-state index in [-0.39, 0.29) is 19.0 Å². The summed E-state index contributed by atoms with van der Waals surface area (Å²) in [5.41, 5.74) is -0.450. The van der Waals surface area contributed by atoms with Crippen molar-refractivity contribution >= 4 is 13.2 Å². The fraction of sp³-hybridized carbons (Fsp3) is 0.923. The van der Waals surface area contributed by atoms with E-state index < -0.39 is 5.60 Å². The lowest BCUT2D eigenvalue weighted by Gasteiger charge is -2.25. The summed E-state index contributed by atoms with van der Waals surface area (Å²) in [6.45, 7) is 9.99. The van der Waals surface area contributed by atoms with Crippen molar-refractivity contribution in [2.45, 2.75) is 38.6 Å². The second kappa shape index (κ2) is 6.78. The van der Waals surface area contributed by atoms with Crippen LogP contribution in [0.5, 0.6) is 0 Å². The molecule has 0 bridgehead atoms. The number of ether oxygens (including phenoxy) is 1. The Balaban J connectivity index is 1.83. The van der Waals surface area contributed by atoms with E-state index in [1.807, 2.05) is 20.8 Å². The first kappa shape index (κ1) is 15.6. The van der Waals surface area contributed by atoms with Crippen molar-refractivity contribution < 1.29 is 18.8 Å².